The van der Waals surface area contributed by atoms with E-state index in [-0.39, 0.29) is 12.5 Å². The van der Waals surface area contributed by atoms with Gasteiger partial charge in [-0.05, 0) is 13.3 Å². The fraction of sp³-hybridized carbons (Fsp3) is 0.900. The van der Waals surface area contributed by atoms with E-state index in [0.717, 1.165) is 0 Å². The zero-order chi connectivity index (χ0) is 11.7. The molecule has 1 unspecified atom stereocenters. The van der Waals surface area contributed by atoms with Crippen LogP contribution in [0, 0.1) is 0 Å². The van der Waals surface area contributed by atoms with E-state index in [1.54, 1.807) is 14.0 Å². The molecule has 0 saturated carbocycles. The number of ether oxygens (including phenoxy) is 1. The van der Waals surface area contributed by atoms with Crippen LogP contribution in [0.25, 0.3) is 0 Å². The van der Waals surface area contributed by atoms with Crippen molar-refractivity contribution in [3.8, 4) is 0 Å². The monoisotopic (exact) mass is 237 g/mol. The first-order valence-corrected chi connectivity index (χ1v) is 5.59. The Labute approximate surface area is 95.9 Å². The third-order valence-corrected chi connectivity index (χ3v) is 2.32. The molecule has 0 radical (unpaired) electrons. The second-order valence-electron chi connectivity index (χ2n) is 3.81. The van der Waals surface area contributed by atoms with Crippen molar-refractivity contribution < 1.29 is 14.6 Å². The van der Waals surface area contributed by atoms with Crippen LogP contribution in [0.1, 0.15) is 26.2 Å². The Bertz CT molecular complexity index is 186. The van der Waals surface area contributed by atoms with Gasteiger partial charge < -0.3 is 15.2 Å². The Kier molecular flexibility index (Phi) is 7.74. The summed E-state index contributed by atoms with van der Waals surface area (Å²) in [5.74, 6) is 0.404. The van der Waals surface area contributed by atoms with Crippen molar-refractivity contribution in [3.63, 3.8) is 0 Å². The molecule has 1 atom stereocenters. The second-order valence-corrected chi connectivity index (χ2v) is 4.19. The van der Waals surface area contributed by atoms with E-state index in [9.17, 15) is 9.90 Å². The fourth-order valence-corrected chi connectivity index (χ4v) is 1.15. The molecule has 15 heavy (non-hydrogen) atoms. The number of hydrogen-bond donors (Lipinski definition) is 2. The molecule has 0 aliphatic carbocycles. The molecule has 90 valence electrons. The van der Waals surface area contributed by atoms with Crippen LogP contribution < -0.4 is 5.32 Å². The molecular formula is C10H20ClNO3. The van der Waals surface area contributed by atoms with Crippen LogP contribution in [-0.2, 0) is 9.53 Å². The molecule has 0 aromatic rings. The number of rotatable bonds is 8. The zero-order valence-electron chi connectivity index (χ0n) is 9.38. The maximum absolute atomic E-state index is 11.2. The number of carbonyl (C=O) groups is 1. The predicted octanol–water partition coefficient (Wildman–Crippen LogP) is 0.909. The van der Waals surface area contributed by atoms with Crippen molar-refractivity contribution in [3.05, 3.63) is 0 Å². The van der Waals surface area contributed by atoms with E-state index in [0.29, 0.717) is 31.7 Å². The molecule has 5 heteroatoms. The molecule has 0 bridgehead atoms. The Hall–Kier alpha value is -0.320. The Morgan fingerprint density at radius 1 is 1.60 bits per heavy atom. The van der Waals surface area contributed by atoms with Gasteiger partial charge in [0.05, 0.1) is 5.60 Å². The molecule has 0 aliphatic heterocycles. The number of aliphatic hydroxyl groups is 1. The first kappa shape index (κ1) is 14.7. The van der Waals surface area contributed by atoms with Gasteiger partial charge in [0, 0.05) is 39.0 Å². The van der Waals surface area contributed by atoms with Crippen molar-refractivity contribution in [2.45, 2.75) is 31.8 Å². The average Bonchev–Trinajstić information content (AvgIpc) is 2.21. The molecule has 0 aromatic heterocycles. The Morgan fingerprint density at radius 2 is 2.27 bits per heavy atom. The van der Waals surface area contributed by atoms with Crippen LogP contribution in [-0.4, -0.2) is 42.8 Å². The quantitative estimate of drug-likeness (QED) is 0.617. The van der Waals surface area contributed by atoms with Gasteiger partial charge in [0.15, 0.2) is 0 Å². The first-order valence-electron chi connectivity index (χ1n) is 5.06. The molecule has 0 aromatic carbocycles. The molecule has 0 aliphatic rings. The normalized spacial score (nSPS) is 14.7. The SMILES string of the molecule is COCCC(C)(O)CNC(=O)CCCCl. The number of amides is 1. The van der Waals surface area contributed by atoms with E-state index in [4.69, 9.17) is 16.3 Å². The van der Waals surface area contributed by atoms with E-state index >= 15 is 0 Å². The minimum atomic E-state index is -0.910. The number of hydrogen-bond acceptors (Lipinski definition) is 3. The van der Waals surface area contributed by atoms with Crippen molar-refractivity contribution in [1.29, 1.82) is 0 Å². The van der Waals surface area contributed by atoms with E-state index in [1.807, 2.05) is 0 Å². The van der Waals surface area contributed by atoms with Gasteiger partial charge in [-0.1, -0.05) is 0 Å². The lowest BCUT2D eigenvalue weighted by atomic mass is 10.0. The lowest BCUT2D eigenvalue weighted by Gasteiger charge is -2.23. The number of halogens is 1. The highest BCUT2D eigenvalue weighted by Gasteiger charge is 2.20. The number of carbonyl (C=O) groups excluding carboxylic acids is 1. The topological polar surface area (TPSA) is 58.6 Å². The average molecular weight is 238 g/mol. The van der Waals surface area contributed by atoms with Crippen LogP contribution in [0.4, 0.5) is 0 Å². The summed E-state index contributed by atoms with van der Waals surface area (Å²) in [5, 5.41) is 12.5. The molecule has 4 nitrogen and oxygen atoms in total. The third-order valence-electron chi connectivity index (χ3n) is 2.05. The molecule has 0 heterocycles. The van der Waals surface area contributed by atoms with Crippen LogP contribution >= 0.6 is 11.6 Å². The number of methoxy groups -OCH3 is 1. The molecular weight excluding hydrogens is 218 g/mol. The summed E-state index contributed by atoms with van der Waals surface area (Å²) in [6, 6.07) is 0. The minimum absolute atomic E-state index is 0.0756. The van der Waals surface area contributed by atoms with Gasteiger partial charge in [-0.3, -0.25) is 4.79 Å². The van der Waals surface area contributed by atoms with Crippen molar-refractivity contribution in [1.82, 2.24) is 5.32 Å². The van der Waals surface area contributed by atoms with Gasteiger partial charge in [0.1, 0.15) is 0 Å². The summed E-state index contributed by atoms with van der Waals surface area (Å²) in [6.07, 6.45) is 1.57. The fourth-order valence-electron chi connectivity index (χ4n) is 1.02. The highest BCUT2D eigenvalue weighted by atomic mass is 35.5. The van der Waals surface area contributed by atoms with Gasteiger partial charge in [-0.2, -0.15) is 0 Å². The van der Waals surface area contributed by atoms with E-state index in [2.05, 4.69) is 5.32 Å². The Balaban J connectivity index is 3.67. The molecule has 0 saturated heterocycles. The standard InChI is InChI=1S/C10H20ClNO3/c1-10(14,5-7-15-2)8-12-9(13)4-3-6-11/h14H,3-8H2,1-2H3,(H,12,13). The van der Waals surface area contributed by atoms with Crippen molar-refractivity contribution >= 4 is 17.5 Å². The highest BCUT2D eigenvalue weighted by Crippen LogP contribution is 2.07. The lowest BCUT2D eigenvalue weighted by molar-refractivity contribution is -0.122. The summed E-state index contributed by atoms with van der Waals surface area (Å²) in [5.41, 5.74) is -0.910. The van der Waals surface area contributed by atoms with Gasteiger partial charge >= 0.3 is 0 Å². The van der Waals surface area contributed by atoms with Gasteiger partial charge in [0.25, 0.3) is 0 Å². The number of nitrogens with one attached hydrogen (secondary N) is 1. The van der Waals surface area contributed by atoms with Gasteiger partial charge in [0.2, 0.25) is 5.91 Å². The second kappa shape index (κ2) is 7.91. The summed E-state index contributed by atoms with van der Waals surface area (Å²) in [7, 11) is 1.58. The van der Waals surface area contributed by atoms with Crippen molar-refractivity contribution in [2.24, 2.45) is 0 Å². The molecule has 1 amide bonds. The summed E-state index contributed by atoms with van der Waals surface area (Å²) in [4.78, 5) is 11.2. The minimum Gasteiger partial charge on any atom is -0.388 e. The maximum atomic E-state index is 11.2. The van der Waals surface area contributed by atoms with E-state index in [1.165, 1.54) is 0 Å². The van der Waals surface area contributed by atoms with Crippen LogP contribution in [0.2, 0.25) is 0 Å². The predicted molar refractivity (Wildman–Crippen MR) is 60.1 cm³/mol. The van der Waals surface area contributed by atoms with Crippen molar-refractivity contribution in [2.75, 3.05) is 26.1 Å². The molecule has 2 N–H and O–H groups in total. The Morgan fingerprint density at radius 3 is 2.80 bits per heavy atom. The molecule has 0 fully saturated rings. The maximum Gasteiger partial charge on any atom is 0.220 e. The lowest BCUT2D eigenvalue weighted by Crippen LogP contribution is -2.41. The van der Waals surface area contributed by atoms with Crippen LogP contribution in [0.3, 0.4) is 0 Å². The van der Waals surface area contributed by atoms with Crippen LogP contribution in [0.15, 0.2) is 0 Å². The first-order chi connectivity index (χ1) is 7.02. The zero-order valence-corrected chi connectivity index (χ0v) is 10.1. The van der Waals surface area contributed by atoms with E-state index < -0.39 is 5.60 Å². The smallest absolute Gasteiger partial charge is 0.220 e. The summed E-state index contributed by atoms with van der Waals surface area (Å²) in [6.45, 7) is 2.40. The number of alkyl halides is 1. The summed E-state index contributed by atoms with van der Waals surface area (Å²) >= 11 is 5.46. The van der Waals surface area contributed by atoms with Crippen LogP contribution in [0.5, 0.6) is 0 Å². The molecule has 0 spiro atoms. The molecule has 0 rings (SSSR count). The van der Waals surface area contributed by atoms with Gasteiger partial charge in [-0.25, -0.2) is 0 Å². The van der Waals surface area contributed by atoms with Gasteiger partial charge in [-0.15, -0.1) is 11.6 Å². The largest absolute Gasteiger partial charge is 0.388 e. The third kappa shape index (κ3) is 8.66. The highest BCUT2D eigenvalue weighted by molar-refractivity contribution is 6.17. The summed E-state index contributed by atoms with van der Waals surface area (Å²) < 4.78 is 4.86.